The van der Waals surface area contributed by atoms with Gasteiger partial charge in [0.1, 0.15) is 0 Å². The lowest BCUT2D eigenvalue weighted by Gasteiger charge is -2.28. The first-order valence-corrected chi connectivity index (χ1v) is 7.42. The Bertz CT molecular complexity index is 435. The molecule has 3 atom stereocenters. The largest absolute Gasteiger partial charge is 0.388 e. The molecule has 1 heterocycles. The van der Waals surface area contributed by atoms with Crippen LogP contribution in [-0.2, 0) is 4.79 Å². The highest BCUT2D eigenvalue weighted by molar-refractivity contribution is 5.82. The van der Waals surface area contributed by atoms with Crippen molar-refractivity contribution in [2.45, 2.75) is 50.8 Å². The molecular formula is C16H24N2O2. The second-order valence-electron chi connectivity index (χ2n) is 5.50. The van der Waals surface area contributed by atoms with Crippen molar-refractivity contribution in [2.75, 3.05) is 6.54 Å². The van der Waals surface area contributed by atoms with Crippen molar-refractivity contribution in [1.29, 1.82) is 0 Å². The minimum Gasteiger partial charge on any atom is -0.388 e. The van der Waals surface area contributed by atoms with Crippen molar-refractivity contribution in [1.82, 2.24) is 4.90 Å². The van der Waals surface area contributed by atoms with Crippen LogP contribution in [0.4, 0.5) is 0 Å². The maximum Gasteiger partial charge on any atom is 0.239 e. The zero-order valence-electron chi connectivity index (χ0n) is 12.0. The Labute approximate surface area is 120 Å². The number of carbonyl (C=O) groups excluding carboxylic acids is 1. The molecule has 20 heavy (non-hydrogen) atoms. The lowest BCUT2D eigenvalue weighted by atomic mass is 10.00. The number of benzene rings is 1. The van der Waals surface area contributed by atoms with E-state index in [-0.39, 0.29) is 11.9 Å². The van der Waals surface area contributed by atoms with Gasteiger partial charge in [0.05, 0.1) is 12.1 Å². The number of nitrogens with two attached hydrogens (primary N) is 1. The average molecular weight is 276 g/mol. The molecule has 3 N–H and O–H groups in total. The van der Waals surface area contributed by atoms with Crippen LogP contribution < -0.4 is 5.73 Å². The number of aliphatic hydroxyl groups excluding tert-OH is 1. The minimum atomic E-state index is -0.521. The highest BCUT2D eigenvalue weighted by Gasteiger charge is 2.32. The van der Waals surface area contributed by atoms with Gasteiger partial charge in [-0.05, 0) is 31.2 Å². The number of aliphatic hydroxyl groups is 1. The van der Waals surface area contributed by atoms with Gasteiger partial charge in [0.2, 0.25) is 5.91 Å². The highest BCUT2D eigenvalue weighted by atomic mass is 16.3. The summed E-state index contributed by atoms with van der Waals surface area (Å²) in [4.78, 5) is 14.1. The number of rotatable bonds is 5. The quantitative estimate of drug-likeness (QED) is 0.862. The Hall–Kier alpha value is -1.39. The van der Waals surface area contributed by atoms with E-state index in [0.717, 1.165) is 24.9 Å². The molecule has 4 nitrogen and oxygen atoms in total. The summed E-state index contributed by atoms with van der Waals surface area (Å²) in [5.74, 6) is 0.0234. The van der Waals surface area contributed by atoms with Gasteiger partial charge in [-0.25, -0.2) is 0 Å². The predicted molar refractivity (Wildman–Crippen MR) is 79.0 cm³/mol. The van der Waals surface area contributed by atoms with E-state index in [1.165, 1.54) is 0 Å². The maximum absolute atomic E-state index is 12.2. The van der Waals surface area contributed by atoms with E-state index in [1.807, 2.05) is 42.2 Å². The molecule has 0 radical (unpaired) electrons. The van der Waals surface area contributed by atoms with Gasteiger partial charge in [0.15, 0.2) is 0 Å². The second-order valence-corrected chi connectivity index (χ2v) is 5.50. The van der Waals surface area contributed by atoms with Crippen LogP contribution in [0.25, 0.3) is 0 Å². The first-order valence-electron chi connectivity index (χ1n) is 7.42. The molecule has 1 aliphatic heterocycles. The fourth-order valence-electron chi connectivity index (χ4n) is 2.83. The van der Waals surface area contributed by atoms with Gasteiger partial charge >= 0.3 is 0 Å². The van der Waals surface area contributed by atoms with E-state index in [0.29, 0.717) is 12.8 Å². The summed E-state index contributed by atoms with van der Waals surface area (Å²) in [5.41, 5.74) is 6.76. The Morgan fingerprint density at radius 3 is 2.80 bits per heavy atom. The molecule has 0 spiro atoms. The molecule has 2 rings (SSSR count). The lowest BCUT2D eigenvalue weighted by Crippen LogP contribution is -2.46. The molecule has 0 aliphatic carbocycles. The van der Waals surface area contributed by atoms with Gasteiger partial charge in [-0.3, -0.25) is 4.79 Å². The van der Waals surface area contributed by atoms with Crippen LogP contribution in [0.5, 0.6) is 0 Å². The van der Waals surface area contributed by atoms with Crippen LogP contribution in [0.1, 0.15) is 44.3 Å². The summed E-state index contributed by atoms with van der Waals surface area (Å²) in [5, 5.41) is 10.3. The van der Waals surface area contributed by atoms with E-state index in [9.17, 15) is 9.90 Å². The molecule has 1 fully saturated rings. The van der Waals surface area contributed by atoms with E-state index in [4.69, 9.17) is 5.73 Å². The number of hydrogen-bond acceptors (Lipinski definition) is 3. The van der Waals surface area contributed by atoms with Crippen molar-refractivity contribution in [3.05, 3.63) is 35.9 Å². The third-order valence-electron chi connectivity index (χ3n) is 4.10. The van der Waals surface area contributed by atoms with Crippen LogP contribution in [0.3, 0.4) is 0 Å². The number of hydrogen-bond donors (Lipinski definition) is 2. The maximum atomic E-state index is 12.2. The lowest BCUT2D eigenvalue weighted by molar-refractivity contribution is -0.133. The van der Waals surface area contributed by atoms with Gasteiger partial charge < -0.3 is 15.7 Å². The van der Waals surface area contributed by atoms with Crippen LogP contribution in [0, 0.1) is 0 Å². The van der Waals surface area contributed by atoms with Crippen molar-refractivity contribution in [3.63, 3.8) is 0 Å². The van der Waals surface area contributed by atoms with E-state index >= 15 is 0 Å². The molecule has 1 aromatic rings. The fourth-order valence-corrected chi connectivity index (χ4v) is 2.83. The monoisotopic (exact) mass is 276 g/mol. The van der Waals surface area contributed by atoms with Gasteiger partial charge in [0.25, 0.3) is 0 Å². The van der Waals surface area contributed by atoms with Crippen molar-refractivity contribution in [2.24, 2.45) is 5.73 Å². The van der Waals surface area contributed by atoms with Crippen LogP contribution >= 0.6 is 0 Å². The number of carbonyl (C=O) groups is 1. The molecule has 1 aromatic carbocycles. The van der Waals surface area contributed by atoms with Gasteiger partial charge in [-0.2, -0.15) is 0 Å². The van der Waals surface area contributed by atoms with Crippen LogP contribution in [0.2, 0.25) is 0 Å². The summed E-state index contributed by atoms with van der Waals surface area (Å²) < 4.78 is 0. The number of likely N-dealkylation sites (tertiary alicyclic amines) is 1. The van der Waals surface area contributed by atoms with Crippen LogP contribution in [-0.4, -0.2) is 34.5 Å². The summed E-state index contributed by atoms with van der Waals surface area (Å²) in [6, 6.07) is 9.31. The standard InChI is InChI=1S/C16H24N2O2/c1-2-14(17)16(20)18-10-6-9-13(18)11-15(19)12-7-4-3-5-8-12/h3-5,7-8,13-15,19H,2,6,9-11,17H2,1H3/t13?,14-,15?/m0/s1. The zero-order chi connectivity index (χ0) is 14.5. The summed E-state index contributed by atoms with van der Waals surface area (Å²) >= 11 is 0. The second kappa shape index (κ2) is 6.86. The smallest absolute Gasteiger partial charge is 0.239 e. The summed E-state index contributed by atoms with van der Waals surface area (Å²) in [6.45, 7) is 2.69. The fraction of sp³-hybridized carbons (Fsp3) is 0.562. The van der Waals surface area contributed by atoms with Crippen molar-refractivity contribution < 1.29 is 9.90 Å². The molecule has 2 unspecified atom stereocenters. The molecule has 4 heteroatoms. The Balaban J connectivity index is 1.99. The van der Waals surface area contributed by atoms with Crippen molar-refractivity contribution >= 4 is 5.91 Å². The first kappa shape index (κ1) is 15.0. The number of nitrogens with zero attached hydrogens (tertiary/aromatic N) is 1. The Kier molecular flexibility index (Phi) is 5.15. The van der Waals surface area contributed by atoms with Crippen molar-refractivity contribution in [3.8, 4) is 0 Å². The molecular weight excluding hydrogens is 252 g/mol. The minimum absolute atomic E-state index is 0.0234. The highest BCUT2D eigenvalue weighted by Crippen LogP contribution is 2.27. The third kappa shape index (κ3) is 3.38. The summed E-state index contributed by atoms with van der Waals surface area (Å²) in [6.07, 6.45) is 2.67. The Morgan fingerprint density at radius 2 is 2.15 bits per heavy atom. The van der Waals surface area contributed by atoms with E-state index in [1.54, 1.807) is 0 Å². The first-order chi connectivity index (χ1) is 9.63. The molecule has 0 saturated carbocycles. The molecule has 110 valence electrons. The third-order valence-corrected chi connectivity index (χ3v) is 4.10. The normalized spacial score (nSPS) is 21.8. The van der Waals surface area contributed by atoms with E-state index < -0.39 is 12.1 Å². The zero-order valence-corrected chi connectivity index (χ0v) is 12.0. The van der Waals surface area contributed by atoms with E-state index in [2.05, 4.69) is 0 Å². The molecule has 0 aromatic heterocycles. The van der Waals surface area contributed by atoms with Gasteiger partial charge in [-0.1, -0.05) is 37.3 Å². The predicted octanol–water partition coefficient (Wildman–Crippen LogP) is 1.84. The SMILES string of the molecule is CC[C@H](N)C(=O)N1CCCC1CC(O)c1ccccc1. The average Bonchev–Trinajstić information content (AvgIpc) is 2.94. The topological polar surface area (TPSA) is 66.6 Å². The molecule has 0 bridgehead atoms. The van der Waals surface area contributed by atoms with Gasteiger partial charge in [-0.15, -0.1) is 0 Å². The van der Waals surface area contributed by atoms with Crippen LogP contribution in [0.15, 0.2) is 30.3 Å². The van der Waals surface area contributed by atoms with Gasteiger partial charge in [0, 0.05) is 12.6 Å². The molecule has 1 amide bonds. The summed E-state index contributed by atoms with van der Waals surface area (Å²) in [7, 11) is 0. The number of amides is 1. The molecule has 1 aliphatic rings. The Morgan fingerprint density at radius 1 is 1.45 bits per heavy atom. The molecule has 1 saturated heterocycles.